The van der Waals surface area contributed by atoms with E-state index in [1.165, 1.54) is 6.20 Å². The minimum absolute atomic E-state index is 0.0877. The highest BCUT2D eigenvalue weighted by atomic mass is 16.5. The molecule has 1 aromatic rings. The van der Waals surface area contributed by atoms with Gasteiger partial charge < -0.3 is 9.84 Å². The summed E-state index contributed by atoms with van der Waals surface area (Å²) in [5.74, 6) is -0.673. The number of pyridine rings is 1. The van der Waals surface area contributed by atoms with Crippen LogP contribution in [-0.2, 0) is 0 Å². The van der Waals surface area contributed by atoms with Gasteiger partial charge in [-0.2, -0.15) is 0 Å². The molecule has 1 N–H and O–H groups in total. The third-order valence-corrected chi connectivity index (χ3v) is 1.81. The molecule has 0 aliphatic carbocycles. The molecule has 4 nitrogen and oxygen atoms in total. The number of aryl methyl sites for hydroxylation is 1. The van der Waals surface area contributed by atoms with Crippen molar-refractivity contribution in [2.45, 2.75) is 13.3 Å². The second-order valence-corrected chi connectivity index (χ2v) is 3.05. The zero-order valence-corrected chi connectivity index (χ0v) is 8.56. The van der Waals surface area contributed by atoms with E-state index in [1.54, 1.807) is 19.1 Å². The lowest BCUT2D eigenvalue weighted by Crippen LogP contribution is -2.05. The maximum atomic E-state index is 10.8. The number of aromatic nitrogens is 1. The number of hydrogen-bond acceptors (Lipinski definition) is 3. The van der Waals surface area contributed by atoms with Gasteiger partial charge in [-0.25, -0.2) is 4.79 Å². The molecule has 0 saturated carbocycles. The summed E-state index contributed by atoms with van der Waals surface area (Å²) >= 11 is 0. The number of carbonyl (C=O) groups is 1. The molecule has 0 fully saturated rings. The van der Waals surface area contributed by atoms with Gasteiger partial charge in [0.05, 0.1) is 6.61 Å². The molecule has 0 radical (unpaired) electrons. The monoisotopic (exact) mass is 207 g/mol. The van der Waals surface area contributed by atoms with Gasteiger partial charge in [-0.15, -0.1) is 6.58 Å². The van der Waals surface area contributed by atoms with E-state index in [-0.39, 0.29) is 5.56 Å². The normalized spacial score (nSPS) is 9.67. The third-order valence-electron chi connectivity index (χ3n) is 1.81. The zero-order valence-electron chi connectivity index (χ0n) is 8.56. The predicted molar refractivity (Wildman–Crippen MR) is 56.2 cm³/mol. The Kier molecular flexibility index (Phi) is 3.85. The Bertz CT molecular complexity index is 374. The smallest absolute Gasteiger partial charge is 0.341 e. The van der Waals surface area contributed by atoms with Crippen LogP contribution >= 0.6 is 0 Å². The number of carboxylic acids is 1. The van der Waals surface area contributed by atoms with E-state index in [9.17, 15) is 4.79 Å². The highest BCUT2D eigenvalue weighted by Gasteiger charge is 2.11. The van der Waals surface area contributed by atoms with Gasteiger partial charge in [0.15, 0.2) is 0 Å². The van der Waals surface area contributed by atoms with Crippen molar-refractivity contribution in [3.8, 4) is 5.75 Å². The lowest BCUT2D eigenvalue weighted by molar-refractivity contribution is 0.0692. The first-order valence-electron chi connectivity index (χ1n) is 4.58. The topological polar surface area (TPSA) is 59.4 Å². The van der Waals surface area contributed by atoms with Gasteiger partial charge in [0.2, 0.25) is 0 Å². The van der Waals surface area contributed by atoms with Gasteiger partial charge in [0, 0.05) is 18.0 Å². The van der Waals surface area contributed by atoms with Gasteiger partial charge in [-0.1, -0.05) is 6.08 Å². The Morgan fingerprint density at radius 2 is 2.47 bits per heavy atom. The predicted octanol–water partition coefficient (Wildman–Crippen LogP) is 2.04. The van der Waals surface area contributed by atoms with Gasteiger partial charge in [0.1, 0.15) is 11.3 Å². The third kappa shape index (κ3) is 3.09. The van der Waals surface area contributed by atoms with E-state index >= 15 is 0 Å². The van der Waals surface area contributed by atoms with Gasteiger partial charge in [-0.3, -0.25) is 4.98 Å². The second-order valence-electron chi connectivity index (χ2n) is 3.05. The van der Waals surface area contributed by atoms with Crippen LogP contribution < -0.4 is 4.74 Å². The fraction of sp³-hybridized carbons (Fsp3) is 0.273. The van der Waals surface area contributed by atoms with Crippen molar-refractivity contribution in [3.63, 3.8) is 0 Å². The number of aromatic carboxylic acids is 1. The molecule has 0 atom stereocenters. The van der Waals surface area contributed by atoms with Crippen LogP contribution in [0.15, 0.2) is 24.9 Å². The highest BCUT2D eigenvalue weighted by molar-refractivity contribution is 5.90. The molecule has 0 bridgehead atoms. The Hall–Kier alpha value is -1.84. The van der Waals surface area contributed by atoms with E-state index in [1.807, 2.05) is 0 Å². The Labute approximate surface area is 88.2 Å². The lowest BCUT2D eigenvalue weighted by Gasteiger charge is -2.08. The van der Waals surface area contributed by atoms with Crippen LogP contribution in [0, 0.1) is 6.92 Å². The van der Waals surface area contributed by atoms with Gasteiger partial charge in [-0.05, 0) is 13.3 Å². The number of nitrogens with zero attached hydrogens (tertiary/aromatic N) is 1. The fourth-order valence-corrected chi connectivity index (χ4v) is 1.07. The van der Waals surface area contributed by atoms with Crippen LogP contribution in [0.25, 0.3) is 0 Å². The summed E-state index contributed by atoms with van der Waals surface area (Å²) in [6.45, 7) is 5.77. The lowest BCUT2D eigenvalue weighted by atomic mass is 10.2. The molecule has 0 amide bonds. The zero-order chi connectivity index (χ0) is 11.3. The molecule has 80 valence electrons. The Morgan fingerprint density at radius 3 is 3.07 bits per heavy atom. The van der Waals surface area contributed by atoms with Crippen molar-refractivity contribution in [2.75, 3.05) is 6.61 Å². The van der Waals surface area contributed by atoms with E-state index in [0.29, 0.717) is 18.8 Å². The van der Waals surface area contributed by atoms with Crippen molar-refractivity contribution in [3.05, 3.63) is 36.2 Å². The highest BCUT2D eigenvalue weighted by Crippen LogP contribution is 2.18. The van der Waals surface area contributed by atoms with Crippen molar-refractivity contribution in [2.24, 2.45) is 0 Å². The summed E-state index contributed by atoms with van der Waals surface area (Å²) in [6.07, 6.45) is 3.70. The molecule has 0 saturated heterocycles. The molecule has 0 aliphatic rings. The molecule has 1 aromatic heterocycles. The fourth-order valence-electron chi connectivity index (χ4n) is 1.07. The minimum atomic E-state index is -1.03. The number of carboxylic acid groups (broad SMARTS) is 1. The summed E-state index contributed by atoms with van der Waals surface area (Å²) < 4.78 is 5.33. The number of hydrogen-bond donors (Lipinski definition) is 1. The molecule has 0 aliphatic heterocycles. The molecule has 1 heterocycles. The molecule has 0 aromatic carbocycles. The molecular weight excluding hydrogens is 194 g/mol. The number of ether oxygens (including phenoxy) is 1. The minimum Gasteiger partial charge on any atom is -0.492 e. The van der Waals surface area contributed by atoms with Crippen molar-refractivity contribution in [1.82, 2.24) is 4.98 Å². The van der Waals surface area contributed by atoms with Crippen LogP contribution in [0.2, 0.25) is 0 Å². The SMILES string of the molecule is C=CCCOc1cc(C)ncc1C(=O)O. The van der Waals surface area contributed by atoms with Crippen LogP contribution in [0.1, 0.15) is 22.5 Å². The van der Waals surface area contributed by atoms with Crippen molar-refractivity contribution in [1.29, 1.82) is 0 Å². The van der Waals surface area contributed by atoms with Crippen molar-refractivity contribution >= 4 is 5.97 Å². The van der Waals surface area contributed by atoms with Crippen molar-refractivity contribution < 1.29 is 14.6 Å². The van der Waals surface area contributed by atoms with Gasteiger partial charge >= 0.3 is 5.97 Å². The maximum absolute atomic E-state index is 10.8. The first-order valence-corrected chi connectivity index (χ1v) is 4.58. The number of rotatable bonds is 5. The molecule has 15 heavy (non-hydrogen) atoms. The molecule has 4 heteroatoms. The van der Waals surface area contributed by atoms with Crippen LogP contribution in [0.4, 0.5) is 0 Å². The van der Waals surface area contributed by atoms with Crippen LogP contribution in [-0.4, -0.2) is 22.7 Å². The van der Waals surface area contributed by atoms with E-state index in [2.05, 4.69) is 11.6 Å². The quantitative estimate of drug-likeness (QED) is 0.593. The largest absolute Gasteiger partial charge is 0.492 e. The standard InChI is InChI=1S/C11H13NO3/c1-3-4-5-15-10-6-8(2)12-7-9(10)11(13)14/h3,6-7H,1,4-5H2,2H3,(H,13,14). The van der Waals surface area contributed by atoms with Crippen LogP contribution in [0.5, 0.6) is 5.75 Å². The van der Waals surface area contributed by atoms with Gasteiger partial charge in [0.25, 0.3) is 0 Å². The molecule has 0 spiro atoms. The average molecular weight is 207 g/mol. The van der Waals surface area contributed by atoms with E-state index < -0.39 is 5.97 Å². The first kappa shape index (κ1) is 11.2. The van der Waals surface area contributed by atoms with E-state index in [0.717, 1.165) is 5.69 Å². The molecule has 0 unspecified atom stereocenters. The average Bonchev–Trinajstić information content (AvgIpc) is 2.18. The molecular formula is C11H13NO3. The maximum Gasteiger partial charge on any atom is 0.341 e. The summed E-state index contributed by atoms with van der Waals surface area (Å²) in [5.41, 5.74) is 0.818. The summed E-state index contributed by atoms with van der Waals surface area (Å²) in [7, 11) is 0. The Balaban J connectivity index is 2.86. The van der Waals surface area contributed by atoms with E-state index in [4.69, 9.17) is 9.84 Å². The van der Waals surface area contributed by atoms with Crippen LogP contribution in [0.3, 0.4) is 0 Å². The first-order chi connectivity index (χ1) is 7.15. The summed E-state index contributed by atoms with van der Waals surface area (Å²) in [5, 5.41) is 8.87. The summed E-state index contributed by atoms with van der Waals surface area (Å²) in [6, 6.07) is 1.62. The second kappa shape index (κ2) is 5.14. The Morgan fingerprint density at radius 1 is 1.73 bits per heavy atom. The summed E-state index contributed by atoms with van der Waals surface area (Å²) in [4.78, 5) is 14.7. The molecule has 1 rings (SSSR count).